The van der Waals surface area contributed by atoms with Crippen LogP contribution >= 0.6 is 0 Å². The summed E-state index contributed by atoms with van der Waals surface area (Å²) in [5, 5.41) is 15.3. The van der Waals surface area contributed by atoms with E-state index >= 15 is 0 Å². The zero-order valence-corrected chi connectivity index (χ0v) is 17.4. The molecule has 4 heterocycles. The number of hydrogen-bond acceptors (Lipinski definition) is 7. The SMILES string of the molecule is CN(C)CC(=O)N[C@@]1(C)CCOC2(CCN(c3nccc4occc34)CC2)[C@@H]1O. The number of rotatable bonds is 4. The predicted molar refractivity (Wildman–Crippen MR) is 110 cm³/mol. The number of piperidine rings is 1. The Morgan fingerprint density at radius 3 is 2.83 bits per heavy atom. The number of fused-ring (bicyclic) bond motifs is 1. The minimum Gasteiger partial charge on any atom is -0.464 e. The fraction of sp³-hybridized carbons (Fsp3) is 0.619. The molecule has 2 fully saturated rings. The summed E-state index contributed by atoms with van der Waals surface area (Å²) in [6.07, 6.45) is 4.60. The van der Waals surface area contributed by atoms with Crippen LogP contribution < -0.4 is 10.2 Å². The average molecular weight is 402 g/mol. The molecule has 4 rings (SSSR count). The molecule has 2 atom stereocenters. The number of aliphatic hydroxyl groups is 1. The molecular formula is C21H30N4O4. The van der Waals surface area contributed by atoms with E-state index in [-0.39, 0.29) is 5.91 Å². The molecule has 2 N–H and O–H groups in total. The first-order chi connectivity index (χ1) is 13.8. The number of amides is 1. The number of nitrogens with one attached hydrogen (secondary N) is 1. The van der Waals surface area contributed by atoms with Crippen molar-refractivity contribution < 1.29 is 19.1 Å². The second-order valence-electron chi connectivity index (χ2n) is 8.72. The number of aliphatic hydroxyl groups excluding tert-OH is 1. The number of carbonyl (C=O) groups excluding carboxylic acids is 1. The summed E-state index contributed by atoms with van der Waals surface area (Å²) in [6, 6.07) is 3.80. The largest absolute Gasteiger partial charge is 0.464 e. The fourth-order valence-electron chi connectivity index (χ4n) is 4.69. The number of aromatic nitrogens is 1. The molecule has 0 bridgehead atoms. The van der Waals surface area contributed by atoms with Crippen LogP contribution in [0.3, 0.4) is 0 Å². The summed E-state index contributed by atoms with van der Waals surface area (Å²) in [7, 11) is 3.71. The van der Waals surface area contributed by atoms with Crippen LogP contribution in [0.15, 0.2) is 29.0 Å². The first-order valence-electron chi connectivity index (χ1n) is 10.2. The molecule has 1 amide bonds. The summed E-state index contributed by atoms with van der Waals surface area (Å²) >= 11 is 0. The lowest BCUT2D eigenvalue weighted by atomic mass is 9.73. The standard InChI is InChI=1S/C21H30N4O4/c1-20(23-17(26)14-24(2)3)8-13-29-21(19(20)27)6-10-25(11-7-21)18-15-5-12-28-16(15)4-9-22-18/h4-5,9,12,19,27H,6-8,10-11,13-14H2,1-3H3,(H,23,26)/t19-,20+/m1/s1. The number of carbonyl (C=O) groups is 1. The first-order valence-corrected chi connectivity index (χ1v) is 10.2. The molecule has 2 aromatic heterocycles. The molecule has 0 unspecified atom stereocenters. The van der Waals surface area contributed by atoms with Gasteiger partial charge in [-0.1, -0.05) is 0 Å². The van der Waals surface area contributed by atoms with E-state index in [4.69, 9.17) is 9.15 Å². The Hall–Kier alpha value is -2.16. The predicted octanol–water partition coefficient (Wildman–Crippen LogP) is 1.38. The van der Waals surface area contributed by atoms with Crippen LogP contribution in [0.4, 0.5) is 5.82 Å². The highest BCUT2D eigenvalue weighted by Gasteiger charge is 2.53. The minimum atomic E-state index is -0.769. The van der Waals surface area contributed by atoms with E-state index < -0.39 is 17.2 Å². The molecular weight excluding hydrogens is 372 g/mol. The molecule has 2 saturated heterocycles. The summed E-state index contributed by atoms with van der Waals surface area (Å²) in [6.45, 7) is 4.18. The number of pyridine rings is 1. The Morgan fingerprint density at radius 2 is 2.10 bits per heavy atom. The maximum atomic E-state index is 12.3. The maximum absolute atomic E-state index is 12.3. The van der Waals surface area contributed by atoms with Gasteiger partial charge in [0.15, 0.2) is 0 Å². The van der Waals surface area contributed by atoms with E-state index in [0.717, 1.165) is 29.9 Å². The van der Waals surface area contributed by atoms with Crippen molar-refractivity contribution in [3.63, 3.8) is 0 Å². The summed E-state index contributed by atoms with van der Waals surface area (Å²) in [5.74, 6) is 0.820. The number of ether oxygens (including phenoxy) is 1. The van der Waals surface area contributed by atoms with Gasteiger partial charge in [0.05, 0.1) is 29.3 Å². The monoisotopic (exact) mass is 402 g/mol. The van der Waals surface area contributed by atoms with Crippen LogP contribution in [0.25, 0.3) is 11.0 Å². The van der Waals surface area contributed by atoms with E-state index in [1.807, 2.05) is 38.1 Å². The van der Waals surface area contributed by atoms with E-state index in [1.165, 1.54) is 0 Å². The van der Waals surface area contributed by atoms with Gasteiger partial charge < -0.3 is 29.4 Å². The molecule has 0 radical (unpaired) electrons. The minimum absolute atomic E-state index is 0.0816. The molecule has 2 aromatic rings. The Morgan fingerprint density at radius 1 is 1.34 bits per heavy atom. The van der Waals surface area contributed by atoms with Crippen molar-refractivity contribution in [1.29, 1.82) is 0 Å². The Labute approximate surface area is 170 Å². The molecule has 2 aliphatic rings. The third-order valence-electron chi connectivity index (χ3n) is 6.27. The Bertz CT molecular complexity index is 874. The van der Waals surface area contributed by atoms with Gasteiger partial charge in [-0.2, -0.15) is 0 Å². The van der Waals surface area contributed by atoms with Gasteiger partial charge in [-0.3, -0.25) is 4.79 Å². The van der Waals surface area contributed by atoms with Crippen molar-refractivity contribution >= 4 is 22.7 Å². The highest BCUT2D eigenvalue weighted by molar-refractivity contribution is 5.88. The average Bonchev–Trinajstić information content (AvgIpc) is 3.15. The third kappa shape index (κ3) is 3.72. The lowest BCUT2D eigenvalue weighted by Gasteiger charge is -2.53. The van der Waals surface area contributed by atoms with Gasteiger partial charge in [0, 0.05) is 25.9 Å². The van der Waals surface area contributed by atoms with Crippen molar-refractivity contribution in [2.24, 2.45) is 0 Å². The molecule has 29 heavy (non-hydrogen) atoms. The zero-order valence-electron chi connectivity index (χ0n) is 17.4. The number of likely N-dealkylation sites (N-methyl/N-ethyl adjacent to an activating group) is 1. The highest BCUT2D eigenvalue weighted by Crippen LogP contribution is 2.41. The zero-order chi connectivity index (χ0) is 20.6. The van der Waals surface area contributed by atoms with Crippen molar-refractivity contribution in [2.75, 3.05) is 45.2 Å². The van der Waals surface area contributed by atoms with Crippen LogP contribution in [0, 0.1) is 0 Å². The van der Waals surface area contributed by atoms with Crippen LogP contribution in [-0.2, 0) is 9.53 Å². The summed E-state index contributed by atoms with van der Waals surface area (Å²) < 4.78 is 11.6. The van der Waals surface area contributed by atoms with Gasteiger partial charge in [-0.25, -0.2) is 4.98 Å². The third-order valence-corrected chi connectivity index (χ3v) is 6.27. The normalized spacial score (nSPS) is 26.9. The van der Waals surface area contributed by atoms with Crippen LogP contribution in [0.2, 0.25) is 0 Å². The fourth-order valence-corrected chi connectivity index (χ4v) is 4.69. The van der Waals surface area contributed by atoms with Crippen LogP contribution in [-0.4, -0.2) is 78.5 Å². The molecule has 0 aliphatic carbocycles. The highest BCUT2D eigenvalue weighted by atomic mass is 16.5. The van der Waals surface area contributed by atoms with Crippen molar-refractivity contribution in [3.05, 3.63) is 24.6 Å². The van der Waals surface area contributed by atoms with E-state index in [0.29, 0.717) is 32.4 Å². The Balaban J connectivity index is 1.48. The van der Waals surface area contributed by atoms with Crippen molar-refractivity contribution in [3.8, 4) is 0 Å². The quantitative estimate of drug-likeness (QED) is 0.798. The van der Waals surface area contributed by atoms with Crippen LogP contribution in [0.5, 0.6) is 0 Å². The van der Waals surface area contributed by atoms with E-state index in [9.17, 15) is 9.90 Å². The van der Waals surface area contributed by atoms with Gasteiger partial charge in [-0.05, 0) is 52.4 Å². The van der Waals surface area contributed by atoms with Gasteiger partial charge in [-0.15, -0.1) is 0 Å². The van der Waals surface area contributed by atoms with Gasteiger partial charge in [0.2, 0.25) is 5.91 Å². The second kappa shape index (κ2) is 7.59. The second-order valence-corrected chi connectivity index (χ2v) is 8.72. The summed E-state index contributed by atoms with van der Waals surface area (Å²) in [5.41, 5.74) is -0.532. The molecule has 0 aromatic carbocycles. The van der Waals surface area contributed by atoms with Crippen LogP contribution in [0.1, 0.15) is 26.2 Å². The topological polar surface area (TPSA) is 91.1 Å². The molecule has 2 aliphatic heterocycles. The molecule has 0 saturated carbocycles. The smallest absolute Gasteiger partial charge is 0.234 e. The van der Waals surface area contributed by atoms with E-state index in [2.05, 4.69) is 15.2 Å². The lowest BCUT2D eigenvalue weighted by molar-refractivity contribution is -0.198. The number of furan rings is 1. The molecule has 158 valence electrons. The molecule has 8 heteroatoms. The van der Waals surface area contributed by atoms with Crippen molar-refractivity contribution in [2.45, 2.75) is 43.4 Å². The van der Waals surface area contributed by atoms with Gasteiger partial charge >= 0.3 is 0 Å². The molecule has 1 spiro atoms. The molecule has 8 nitrogen and oxygen atoms in total. The number of hydrogen-bond donors (Lipinski definition) is 2. The van der Waals surface area contributed by atoms with Gasteiger partial charge in [0.1, 0.15) is 17.5 Å². The first kappa shape index (κ1) is 20.1. The van der Waals surface area contributed by atoms with Gasteiger partial charge in [0.25, 0.3) is 0 Å². The van der Waals surface area contributed by atoms with Crippen molar-refractivity contribution in [1.82, 2.24) is 15.2 Å². The Kier molecular flexibility index (Phi) is 5.27. The maximum Gasteiger partial charge on any atom is 0.234 e. The lowest BCUT2D eigenvalue weighted by Crippen LogP contribution is -2.69. The number of nitrogens with zero attached hydrogens (tertiary/aromatic N) is 3. The van der Waals surface area contributed by atoms with E-state index in [1.54, 1.807) is 12.5 Å². The number of anilines is 1. The summed E-state index contributed by atoms with van der Waals surface area (Å²) in [4.78, 5) is 20.9.